The highest BCUT2D eigenvalue weighted by molar-refractivity contribution is 7.12. The fourth-order valence-corrected chi connectivity index (χ4v) is 5.33. The Hall–Kier alpha value is -3.68. The molecule has 208 valence electrons. The van der Waals surface area contributed by atoms with E-state index < -0.39 is 36.0 Å². The Morgan fingerprint density at radius 1 is 1.18 bits per heavy atom. The number of aliphatic hydroxyl groups is 2. The average Bonchev–Trinajstić information content (AvgIpc) is 3.63. The van der Waals surface area contributed by atoms with Crippen LogP contribution in [0.1, 0.15) is 39.9 Å². The van der Waals surface area contributed by atoms with Gasteiger partial charge in [0, 0.05) is 29.1 Å². The first kappa shape index (κ1) is 26.9. The van der Waals surface area contributed by atoms with Crippen molar-refractivity contribution in [2.45, 2.75) is 31.8 Å². The summed E-state index contributed by atoms with van der Waals surface area (Å²) in [6.45, 7) is 0.493. The Labute approximate surface area is 225 Å². The van der Waals surface area contributed by atoms with Gasteiger partial charge in [-0.3, -0.25) is 4.90 Å². The maximum Gasteiger partial charge on any atom is 0.346 e. The topological polar surface area (TPSA) is 124 Å². The van der Waals surface area contributed by atoms with E-state index in [1.807, 2.05) is 0 Å². The predicted molar refractivity (Wildman–Crippen MR) is 138 cm³/mol. The Morgan fingerprint density at radius 3 is 2.64 bits per heavy atom. The highest BCUT2D eigenvalue weighted by atomic mass is 32.1. The van der Waals surface area contributed by atoms with Crippen LogP contribution in [-0.4, -0.2) is 47.9 Å². The van der Waals surface area contributed by atoms with E-state index in [2.05, 4.69) is 10.6 Å². The molecule has 13 heteroatoms. The lowest BCUT2D eigenvalue weighted by Crippen LogP contribution is -2.47. The van der Waals surface area contributed by atoms with E-state index >= 15 is 4.39 Å². The Balaban J connectivity index is 1.39. The minimum atomic E-state index is -1.68. The number of carboxylic acid groups (broad SMARTS) is 1. The van der Waals surface area contributed by atoms with Crippen LogP contribution < -0.4 is 25.0 Å². The molecule has 0 saturated heterocycles. The van der Waals surface area contributed by atoms with Gasteiger partial charge in [-0.25, -0.2) is 18.0 Å². The summed E-state index contributed by atoms with van der Waals surface area (Å²) < 4.78 is 54.8. The molecule has 1 aliphatic heterocycles. The van der Waals surface area contributed by atoms with Gasteiger partial charge in [0.25, 0.3) is 0 Å². The second-order valence-corrected chi connectivity index (χ2v) is 10.1. The van der Waals surface area contributed by atoms with Gasteiger partial charge in [0.1, 0.15) is 16.4 Å². The van der Waals surface area contributed by atoms with Crippen molar-refractivity contribution in [3.05, 3.63) is 63.1 Å². The van der Waals surface area contributed by atoms with Crippen molar-refractivity contribution >= 4 is 34.4 Å². The summed E-state index contributed by atoms with van der Waals surface area (Å²) in [4.78, 5) is 12.3. The molecule has 0 bridgehead atoms. The number of benzene rings is 2. The molecule has 2 atom stereocenters. The smallest absolute Gasteiger partial charge is 0.346 e. The molecule has 5 rings (SSSR count). The fraction of sp³-hybridized carbons (Fsp3) is 0.346. The van der Waals surface area contributed by atoms with E-state index in [0.29, 0.717) is 12.5 Å². The number of aromatic carboxylic acids is 1. The van der Waals surface area contributed by atoms with Crippen molar-refractivity contribution in [3.63, 3.8) is 0 Å². The zero-order valence-electron chi connectivity index (χ0n) is 20.7. The van der Waals surface area contributed by atoms with E-state index in [1.54, 1.807) is 0 Å². The molecular weight excluding hydrogens is 539 g/mol. The Kier molecular flexibility index (Phi) is 7.47. The van der Waals surface area contributed by atoms with E-state index in [-0.39, 0.29) is 57.5 Å². The van der Waals surface area contributed by atoms with Crippen LogP contribution in [0.5, 0.6) is 11.5 Å². The van der Waals surface area contributed by atoms with Crippen LogP contribution in [0.4, 0.5) is 30.2 Å². The minimum Gasteiger partial charge on any atom is -0.494 e. The molecule has 3 aromatic rings. The molecule has 2 unspecified atom stereocenters. The van der Waals surface area contributed by atoms with Crippen LogP contribution in [0, 0.1) is 23.4 Å². The van der Waals surface area contributed by atoms with Crippen molar-refractivity contribution in [3.8, 4) is 11.5 Å². The van der Waals surface area contributed by atoms with Gasteiger partial charge in [-0.1, -0.05) is 0 Å². The van der Waals surface area contributed by atoms with Gasteiger partial charge in [0.15, 0.2) is 23.7 Å². The number of nitrogens with one attached hydrogen (secondary N) is 2. The maximum atomic E-state index is 15.2. The molecule has 0 amide bonds. The summed E-state index contributed by atoms with van der Waals surface area (Å²) in [5.41, 5.74) is 0.242. The monoisotopic (exact) mass is 565 g/mol. The number of thiophene rings is 1. The molecule has 39 heavy (non-hydrogen) atoms. The number of methoxy groups -OCH3 is 1. The SMILES string of the molecule is COc1cc(F)c(N2C(O)Nc3csc(C(=O)O)c3C2O)cc1NCCc1c(OCC2CC2)ccc(F)c1F. The van der Waals surface area contributed by atoms with Gasteiger partial charge in [-0.15, -0.1) is 11.3 Å². The van der Waals surface area contributed by atoms with E-state index in [9.17, 15) is 28.9 Å². The van der Waals surface area contributed by atoms with Crippen molar-refractivity contribution < 1.29 is 42.8 Å². The van der Waals surface area contributed by atoms with E-state index in [0.717, 1.165) is 41.2 Å². The fourth-order valence-electron chi connectivity index (χ4n) is 4.45. The molecule has 1 saturated carbocycles. The number of hydrogen-bond acceptors (Lipinski definition) is 9. The van der Waals surface area contributed by atoms with Crippen molar-refractivity contribution in [2.75, 3.05) is 35.8 Å². The molecule has 1 aliphatic carbocycles. The zero-order valence-corrected chi connectivity index (χ0v) is 21.5. The zero-order chi connectivity index (χ0) is 27.8. The summed E-state index contributed by atoms with van der Waals surface area (Å²) in [5, 5.41) is 38.2. The number of rotatable bonds is 10. The summed E-state index contributed by atoms with van der Waals surface area (Å²) in [7, 11) is 1.32. The molecular formula is C26H26F3N3O6S. The summed E-state index contributed by atoms with van der Waals surface area (Å²) in [5.74, 6) is -3.40. The number of aliphatic hydroxyl groups excluding tert-OH is 2. The predicted octanol–water partition coefficient (Wildman–Crippen LogP) is 4.51. The highest BCUT2D eigenvalue weighted by Crippen LogP contribution is 2.43. The Morgan fingerprint density at radius 2 is 1.95 bits per heavy atom. The van der Waals surface area contributed by atoms with Gasteiger partial charge >= 0.3 is 5.97 Å². The normalized spacial score (nSPS) is 18.4. The van der Waals surface area contributed by atoms with Crippen molar-refractivity contribution in [1.82, 2.24) is 0 Å². The number of fused-ring (bicyclic) bond motifs is 1. The number of hydrogen-bond donors (Lipinski definition) is 5. The largest absolute Gasteiger partial charge is 0.494 e. The standard InChI is InChI=1S/C26H26F3N3O6S/c1-37-20-8-15(28)18(32-24(33)21-17(31-26(32)36)11-39-23(21)25(34)35)9-16(20)30-7-6-13-19(38-10-12-2-3-12)5-4-14(27)22(13)29/h4-5,8-9,11-12,24,26,30-31,33,36H,2-3,6-7,10H2,1H3,(H,34,35). The highest BCUT2D eigenvalue weighted by Gasteiger charge is 2.38. The first-order chi connectivity index (χ1) is 18.7. The summed E-state index contributed by atoms with van der Waals surface area (Å²) >= 11 is 0.857. The molecule has 2 aliphatic rings. The lowest BCUT2D eigenvalue weighted by Gasteiger charge is -2.39. The van der Waals surface area contributed by atoms with Crippen LogP contribution in [-0.2, 0) is 6.42 Å². The van der Waals surface area contributed by atoms with Gasteiger partial charge in [-0.2, -0.15) is 0 Å². The molecule has 9 nitrogen and oxygen atoms in total. The second kappa shape index (κ2) is 10.8. The third-order valence-electron chi connectivity index (χ3n) is 6.66. The number of carboxylic acids is 1. The maximum absolute atomic E-state index is 15.2. The number of anilines is 3. The molecule has 0 radical (unpaired) electrons. The van der Waals surface area contributed by atoms with E-state index in [1.165, 1.54) is 24.6 Å². The van der Waals surface area contributed by atoms with E-state index in [4.69, 9.17) is 9.47 Å². The molecule has 2 heterocycles. The van der Waals surface area contributed by atoms with Crippen LogP contribution in [0.25, 0.3) is 0 Å². The first-order valence-electron chi connectivity index (χ1n) is 12.2. The van der Waals surface area contributed by atoms with Gasteiger partial charge in [-0.05, 0) is 43.4 Å². The third kappa shape index (κ3) is 5.29. The Bertz CT molecular complexity index is 1400. The van der Waals surface area contributed by atoms with Crippen molar-refractivity contribution in [2.24, 2.45) is 5.92 Å². The number of carbonyl (C=O) groups is 1. The van der Waals surface area contributed by atoms with Crippen LogP contribution in [0.15, 0.2) is 29.6 Å². The number of ether oxygens (including phenoxy) is 2. The number of nitrogens with zero attached hydrogens (tertiary/aromatic N) is 1. The summed E-state index contributed by atoms with van der Waals surface area (Å²) in [6, 6.07) is 4.71. The number of halogens is 3. The van der Waals surface area contributed by atoms with Crippen LogP contribution in [0.2, 0.25) is 0 Å². The molecule has 2 aromatic carbocycles. The van der Waals surface area contributed by atoms with Gasteiger partial charge in [0.05, 0.1) is 30.8 Å². The van der Waals surface area contributed by atoms with Crippen molar-refractivity contribution in [1.29, 1.82) is 0 Å². The lowest BCUT2D eigenvalue weighted by atomic mass is 10.1. The lowest BCUT2D eigenvalue weighted by molar-refractivity contribution is 0.0675. The van der Waals surface area contributed by atoms with Crippen LogP contribution in [0.3, 0.4) is 0 Å². The van der Waals surface area contributed by atoms with Gasteiger partial charge < -0.3 is 35.4 Å². The van der Waals surface area contributed by atoms with Gasteiger partial charge in [0.2, 0.25) is 6.35 Å². The van der Waals surface area contributed by atoms with Crippen LogP contribution >= 0.6 is 11.3 Å². The average molecular weight is 566 g/mol. The minimum absolute atomic E-state index is 0.0113. The quantitative estimate of drug-likeness (QED) is 0.242. The molecule has 1 fully saturated rings. The second-order valence-electron chi connectivity index (χ2n) is 9.27. The molecule has 0 spiro atoms. The third-order valence-corrected chi connectivity index (χ3v) is 7.64. The first-order valence-corrected chi connectivity index (χ1v) is 13.0. The summed E-state index contributed by atoms with van der Waals surface area (Å²) in [6.07, 6.45) is -1.18. The molecule has 1 aromatic heterocycles. The molecule has 5 N–H and O–H groups in total.